The van der Waals surface area contributed by atoms with E-state index in [-0.39, 0.29) is 17.9 Å². The molecule has 0 saturated carbocycles. The summed E-state index contributed by atoms with van der Waals surface area (Å²) in [5.41, 5.74) is 3.42. The number of likely N-dealkylation sites (tertiary alicyclic amines) is 1. The maximum atomic E-state index is 11.1. The first-order chi connectivity index (χ1) is 14.7. The Kier molecular flexibility index (Phi) is 6.52. The molecule has 1 fully saturated rings. The van der Waals surface area contributed by atoms with Crippen LogP contribution in [0.5, 0.6) is 0 Å². The maximum Gasteiger partial charge on any atom is 0.354 e. The quantitative estimate of drug-likeness (QED) is 0.628. The van der Waals surface area contributed by atoms with Crippen molar-refractivity contribution in [2.75, 3.05) is 13.1 Å². The minimum atomic E-state index is -0.989. The number of pyridine rings is 1. The predicted molar refractivity (Wildman–Crippen MR) is 115 cm³/mol. The van der Waals surface area contributed by atoms with Gasteiger partial charge >= 0.3 is 5.97 Å². The number of hydrogen-bond donors (Lipinski definition) is 1. The zero-order valence-corrected chi connectivity index (χ0v) is 16.9. The Balaban J connectivity index is 1.38. The van der Waals surface area contributed by atoms with Gasteiger partial charge in [-0.25, -0.2) is 9.78 Å². The van der Waals surface area contributed by atoms with E-state index in [1.165, 1.54) is 11.1 Å². The number of aromatic carboxylic acids is 1. The first-order valence-corrected chi connectivity index (χ1v) is 10.3. The molecular formula is C25H26N2O3. The lowest BCUT2D eigenvalue weighted by Crippen LogP contribution is -2.37. The van der Waals surface area contributed by atoms with Gasteiger partial charge < -0.3 is 9.84 Å². The summed E-state index contributed by atoms with van der Waals surface area (Å²) in [6.07, 6.45) is 3.60. The van der Waals surface area contributed by atoms with Crippen molar-refractivity contribution in [3.63, 3.8) is 0 Å². The highest BCUT2D eigenvalue weighted by molar-refractivity contribution is 5.85. The number of carboxylic acid groups (broad SMARTS) is 1. The SMILES string of the molecule is O=C(O)c1cc(CN2CCC(OC(c3ccccc3)c3ccccc3)CC2)ccn1. The third kappa shape index (κ3) is 5.12. The average Bonchev–Trinajstić information content (AvgIpc) is 2.80. The topological polar surface area (TPSA) is 62.7 Å². The number of rotatable bonds is 7. The molecule has 2 aromatic carbocycles. The van der Waals surface area contributed by atoms with Crippen LogP contribution in [-0.4, -0.2) is 40.2 Å². The third-order valence-electron chi connectivity index (χ3n) is 5.52. The molecule has 1 saturated heterocycles. The van der Waals surface area contributed by atoms with Gasteiger partial charge in [0.1, 0.15) is 11.8 Å². The zero-order valence-electron chi connectivity index (χ0n) is 16.9. The Morgan fingerprint density at radius 3 is 2.17 bits per heavy atom. The summed E-state index contributed by atoms with van der Waals surface area (Å²) in [5.74, 6) is -0.989. The highest BCUT2D eigenvalue weighted by Gasteiger charge is 2.25. The predicted octanol–water partition coefficient (Wildman–Crippen LogP) is 4.55. The Bertz CT molecular complexity index is 915. The van der Waals surface area contributed by atoms with Crippen LogP contribution in [-0.2, 0) is 11.3 Å². The van der Waals surface area contributed by atoms with Crippen LogP contribution >= 0.6 is 0 Å². The highest BCUT2D eigenvalue weighted by atomic mass is 16.5. The molecule has 1 N–H and O–H groups in total. The third-order valence-corrected chi connectivity index (χ3v) is 5.52. The van der Waals surface area contributed by atoms with E-state index in [0.29, 0.717) is 0 Å². The maximum absolute atomic E-state index is 11.1. The largest absolute Gasteiger partial charge is 0.477 e. The molecule has 1 aliphatic rings. The number of hydrogen-bond acceptors (Lipinski definition) is 4. The lowest BCUT2D eigenvalue weighted by molar-refractivity contribution is -0.0281. The van der Waals surface area contributed by atoms with Gasteiger partial charge in [-0.1, -0.05) is 60.7 Å². The number of aromatic nitrogens is 1. The van der Waals surface area contributed by atoms with Crippen molar-refractivity contribution in [3.8, 4) is 0 Å². The van der Waals surface area contributed by atoms with Crippen molar-refractivity contribution in [2.24, 2.45) is 0 Å². The number of piperidine rings is 1. The van der Waals surface area contributed by atoms with Gasteiger partial charge in [0.2, 0.25) is 0 Å². The van der Waals surface area contributed by atoms with Crippen molar-refractivity contribution in [1.82, 2.24) is 9.88 Å². The molecule has 1 aliphatic heterocycles. The van der Waals surface area contributed by atoms with Gasteiger partial charge in [0.25, 0.3) is 0 Å². The fourth-order valence-corrected chi connectivity index (χ4v) is 3.95. The van der Waals surface area contributed by atoms with Gasteiger partial charge in [0.05, 0.1) is 6.10 Å². The molecule has 4 rings (SSSR count). The Hall–Kier alpha value is -3.02. The molecule has 1 aromatic heterocycles. The van der Waals surface area contributed by atoms with Crippen molar-refractivity contribution >= 4 is 5.97 Å². The van der Waals surface area contributed by atoms with Gasteiger partial charge in [0.15, 0.2) is 0 Å². The van der Waals surface area contributed by atoms with E-state index in [2.05, 4.69) is 58.4 Å². The fraction of sp³-hybridized carbons (Fsp3) is 0.280. The molecule has 0 spiro atoms. The van der Waals surface area contributed by atoms with E-state index in [4.69, 9.17) is 9.84 Å². The normalized spacial score (nSPS) is 15.4. The summed E-state index contributed by atoms with van der Waals surface area (Å²) in [6.45, 7) is 2.58. The van der Waals surface area contributed by atoms with Gasteiger partial charge in [-0.3, -0.25) is 4.90 Å². The van der Waals surface area contributed by atoms with Crippen LogP contribution in [0.25, 0.3) is 0 Å². The van der Waals surface area contributed by atoms with E-state index < -0.39 is 5.97 Å². The number of ether oxygens (including phenoxy) is 1. The van der Waals surface area contributed by atoms with E-state index in [1.807, 2.05) is 18.2 Å². The minimum absolute atomic E-state index is 0.0673. The smallest absolute Gasteiger partial charge is 0.354 e. The monoisotopic (exact) mass is 402 g/mol. The average molecular weight is 402 g/mol. The molecule has 5 heteroatoms. The van der Waals surface area contributed by atoms with Crippen LogP contribution in [0.4, 0.5) is 0 Å². The summed E-state index contributed by atoms with van der Waals surface area (Å²) in [5, 5.41) is 9.13. The van der Waals surface area contributed by atoms with E-state index in [0.717, 1.165) is 38.0 Å². The highest BCUT2D eigenvalue weighted by Crippen LogP contribution is 2.30. The van der Waals surface area contributed by atoms with Crippen LogP contribution in [0, 0.1) is 0 Å². The molecule has 0 aliphatic carbocycles. The first kappa shape index (κ1) is 20.3. The molecule has 0 bridgehead atoms. The van der Waals surface area contributed by atoms with Crippen molar-refractivity contribution in [3.05, 3.63) is 101 Å². The summed E-state index contributed by atoms with van der Waals surface area (Å²) >= 11 is 0. The fourth-order valence-electron chi connectivity index (χ4n) is 3.95. The first-order valence-electron chi connectivity index (χ1n) is 10.3. The lowest BCUT2D eigenvalue weighted by Gasteiger charge is -2.34. The Morgan fingerprint density at radius 2 is 1.60 bits per heavy atom. The zero-order chi connectivity index (χ0) is 20.8. The summed E-state index contributed by atoms with van der Waals surface area (Å²) in [7, 11) is 0. The summed E-state index contributed by atoms with van der Waals surface area (Å²) in [6, 6.07) is 24.3. The molecule has 0 amide bonds. The molecular weight excluding hydrogens is 376 g/mol. The second kappa shape index (κ2) is 9.65. The van der Waals surface area contributed by atoms with Crippen LogP contribution in [0.15, 0.2) is 79.0 Å². The number of nitrogens with zero attached hydrogens (tertiary/aromatic N) is 2. The Labute approximate surface area is 177 Å². The van der Waals surface area contributed by atoms with E-state index in [1.54, 1.807) is 12.3 Å². The number of carboxylic acids is 1. The van der Waals surface area contributed by atoms with Crippen LogP contribution in [0.1, 0.15) is 46.1 Å². The molecule has 2 heterocycles. The standard InChI is InChI=1S/C25H26N2O3/c28-25(29)23-17-19(11-14-26-23)18-27-15-12-22(13-16-27)30-24(20-7-3-1-4-8-20)21-9-5-2-6-10-21/h1-11,14,17,22,24H,12-13,15-16,18H2,(H,28,29). The van der Waals surface area contributed by atoms with Gasteiger partial charge in [-0.15, -0.1) is 0 Å². The second-order valence-corrected chi connectivity index (χ2v) is 7.67. The molecule has 0 unspecified atom stereocenters. The molecule has 5 nitrogen and oxygen atoms in total. The minimum Gasteiger partial charge on any atom is -0.477 e. The van der Waals surface area contributed by atoms with Gasteiger partial charge in [-0.05, 0) is 41.7 Å². The van der Waals surface area contributed by atoms with Crippen LogP contribution in [0.2, 0.25) is 0 Å². The van der Waals surface area contributed by atoms with Crippen LogP contribution in [0.3, 0.4) is 0 Å². The summed E-state index contributed by atoms with van der Waals surface area (Å²) < 4.78 is 6.60. The van der Waals surface area contributed by atoms with Crippen LogP contribution < -0.4 is 0 Å². The summed E-state index contributed by atoms with van der Waals surface area (Å²) in [4.78, 5) is 17.4. The number of carbonyl (C=O) groups is 1. The van der Waals surface area contributed by atoms with Crippen molar-refractivity contribution < 1.29 is 14.6 Å². The molecule has 3 aromatic rings. The van der Waals surface area contributed by atoms with Crippen molar-refractivity contribution in [2.45, 2.75) is 31.6 Å². The van der Waals surface area contributed by atoms with Gasteiger partial charge in [0, 0.05) is 25.8 Å². The molecule has 0 atom stereocenters. The second-order valence-electron chi connectivity index (χ2n) is 7.67. The molecule has 154 valence electrons. The van der Waals surface area contributed by atoms with E-state index in [9.17, 15) is 4.79 Å². The Morgan fingerprint density at radius 1 is 1.00 bits per heavy atom. The lowest BCUT2D eigenvalue weighted by atomic mass is 10.00. The molecule has 0 radical (unpaired) electrons. The molecule has 30 heavy (non-hydrogen) atoms. The number of benzene rings is 2. The van der Waals surface area contributed by atoms with Gasteiger partial charge in [-0.2, -0.15) is 0 Å². The van der Waals surface area contributed by atoms with Crippen molar-refractivity contribution in [1.29, 1.82) is 0 Å². The van der Waals surface area contributed by atoms with E-state index >= 15 is 0 Å².